The van der Waals surface area contributed by atoms with E-state index in [1.165, 1.54) is 19.3 Å². The fraction of sp³-hybridized carbons (Fsp3) is 0.895. The number of thiol groups is 1. The van der Waals surface area contributed by atoms with Crippen molar-refractivity contribution in [3.05, 3.63) is 12.3 Å². The topological polar surface area (TPSA) is 112 Å². The molecule has 0 saturated carbocycles. The van der Waals surface area contributed by atoms with E-state index in [-0.39, 0.29) is 6.15 Å². The van der Waals surface area contributed by atoms with Gasteiger partial charge in [0.05, 0.1) is 0 Å². The van der Waals surface area contributed by atoms with Crippen molar-refractivity contribution in [1.29, 1.82) is 0 Å². The first-order chi connectivity index (χ1) is 16.1. The number of hydrogen-bond donors (Lipinski definition) is 4. The van der Waals surface area contributed by atoms with Gasteiger partial charge < -0.3 is 33.1 Å². The first-order valence-corrected chi connectivity index (χ1v) is 29.7. The largest absolute Gasteiger partial charge is 0.500 e. The maximum Gasteiger partial charge on any atom is 0.500 e. The summed E-state index contributed by atoms with van der Waals surface area (Å²) in [7, 11) is -2.38. The van der Waals surface area contributed by atoms with E-state index < -0.39 is 38.6 Å². The maximum atomic E-state index is 9.14. The quantitative estimate of drug-likeness (QED) is 0.0615. The minimum atomic E-state index is -2.48. The fourth-order valence-corrected chi connectivity index (χ4v) is 11.1. The number of unbranched alkanes of at least 4 members (excludes halogenated alkanes) is 3. The van der Waals surface area contributed by atoms with Gasteiger partial charge >= 0.3 is 31.9 Å². The van der Waals surface area contributed by atoms with Crippen LogP contribution in [0.5, 0.6) is 0 Å². The van der Waals surface area contributed by atoms with Gasteiger partial charge in [0, 0.05) is 27.4 Å². The van der Waals surface area contributed by atoms with E-state index in [0.717, 1.165) is 30.7 Å². The van der Waals surface area contributed by atoms with Gasteiger partial charge in [-0.05, 0) is 51.0 Å². The van der Waals surface area contributed by atoms with Crippen LogP contribution >= 0.6 is 68.0 Å². The van der Waals surface area contributed by atoms with Gasteiger partial charge in [0.15, 0.2) is 0 Å². The van der Waals surface area contributed by atoms with E-state index >= 15 is 0 Å². The van der Waals surface area contributed by atoms with Gasteiger partial charge in [-0.25, -0.2) is 0 Å². The second kappa shape index (κ2) is 26.0. The standard InChI is InChI=1S/C6H13Cl3Si.C6H16O3SSi.C4H14O3Si2.C3H6Cl2Si.H3N/c1-2-3-4-5-6-10(7,8)9;1-7-11(8-2,9-3)6-4-5-10;1-8(2,5)7-9(3,4)6;1-3-6(2,4)5;/h2-6H2,1H3;10H,4-6H2,1-3H3;5-6H,1-4H3;3H,1H2,2H3;1H3. The summed E-state index contributed by atoms with van der Waals surface area (Å²) in [6.45, 7) is 12.0. The van der Waals surface area contributed by atoms with Crippen molar-refractivity contribution < 1.29 is 27.0 Å². The molecule has 0 fully saturated rings. The zero-order chi connectivity index (χ0) is 29.7. The monoisotopic (exact) mass is 737 g/mol. The Labute approximate surface area is 261 Å². The summed E-state index contributed by atoms with van der Waals surface area (Å²) in [4.78, 5) is 18.3. The summed E-state index contributed by atoms with van der Waals surface area (Å²) in [6, 6.07) is -0.640. The molecule has 0 aromatic carbocycles. The van der Waals surface area contributed by atoms with Gasteiger partial charge in [-0.15, -0.1) is 62.0 Å². The van der Waals surface area contributed by atoms with Crippen molar-refractivity contribution in [2.45, 2.75) is 83.9 Å². The molecule has 0 aliphatic heterocycles. The Kier molecular flexibility index (Phi) is 34.5. The molecule has 0 saturated heterocycles. The third kappa shape index (κ3) is 48.4. The first-order valence-electron chi connectivity index (χ1n) is 11.6. The summed E-state index contributed by atoms with van der Waals surface area (Å²) >= 11 is 32.2. The molecule has 5 N–H and O–H groups in total. The van der Waals surface area contributed by atoms with Gasteiger partial charge in [0.25, 0.3) is 6.69 Å². The highest BCUT2D eigenvalue weighted by Crippen LogP contribution is 2.27. The molecule has 0 aliphatic carbocycles. The van der Waals surface area contributed by atoms with Crippen LogP contribution in [-0.2, 0) is 17.4 Å². The van der Waals surface area contributed by atoms with Crippen LogP contribution in [0.4, 0.5) is 0 Å². The Morgan fingerprint density at radius 1 is 0.757 bits per heavy atom. The lowest BCUT2D eigenvalue weighted by molar-refractivity contribution is 0.123. The summed E-state index contributed by atoms with van der Waals surface area (Å²) < 4.78 is 20.6. The minimum absolute atomic E-state index is 0. The smallest absolute Gasteiger partial charge is 0.415 e. The Bertz CT molecular complexity index is 501. The van der Waals surface area contributed by atoms with E-state index in [1.54, 1.807) is 59.8 Å². The van der Waals surface area contributed by atoms with Crippen LogP contribution < -0.4 is 6.15 Å². The highest BCUT2D eigenvalue weighted by Gasteiger charge is 2.36. The Morgan fingerprint density at radius 2 is 1.14 bits per heavy atom. The van der Waals surface area contributed by atoms with Gasteiger partial charge in [-0.2, -0.15) is 12.6 Å². The van der Waals surface area contributed by atoms with Gasteiger partial charge in [0.2, 0.25) is 0 Å². The predicted octanol–water partition coefficient (Wildman–Crippen LogP) is 8.22. The van der Waals surface area contributed by atoms with Gasteiger partial charge in [-0.3, -0.25) is 0 Å². The van der Waals surface area contributed by atoms with Crippen LogP contribution in [-0.4, -0.2) is 75.3 Å². The summed E-state index contributed by atoms with van der Waals surface area (Å²) in [6.07, 6.45) is 5.75. The van der Waals surface area contributed by atoms with Gasteiger partial charge in [0.1, 0.15) is 0 Å². The summed E-state index contributed by atoms with van der Waals surface area (Å²) in [5.74, 6) is 0.838. The highest BCUT2D eigenvalue weighted by atomic mass is 35.8. The molecule has 0 aromatic heterocycles. The fourth-order valence-electron chi connectivity index (χ4n) is 2.22. The van der Waals surface area contributed by atoms with E-state index in [0.29, 0.717) is 0 Å². The second-order valence-corrected chi connectivity index (χ2v) is 35.7. The van der Waals surface area contributed by atoms with Crippen LogP contribution in [0.25, 0.3) is 0 Å². The number of rotatable bonds is 14. The molecule has 37 heavy (non-hydrogen) atoms. The minimum Gasteiger partial charge on any atom is -0.415 e. The van der Waals surface area contributed by atoms with E-state index in [4.69, 9.17) is 82.4 Å². The molecule has 0 radical (unpaired) electrons. The molecule has 0 amide bonds. The molecular weight excluding hydrogens is 688 g/mol. The summed E-state index contributed by atoms with van der Waals surface area (Å²) in [5, 5.41) is 0. The molecule has 0 aliphatic rings. The van der Waals surface area contributed by atoms with Crippen LogP contribution in [0, 0.1) is 0 Å². The van der Waals surface area contributed by atoms with Crippen molar-refractivity contribution in [2.24, 2.45) is 0 Å². The molecule has 18 heteroatoms. The second-order valence-electron chi connectivity index (χ2n) is 8.70. The van der Waals surface area contributed by atoms with E-state index in [9.17, 15) is 0 Å². The predicted molar refractivity (Wildman–Crippen MR) is 181 cm³/mol. The van der Waals surface area contributed by atoms with Crippen LogP contribution in [0.2, 0.25) is 44.8 Å². The maximum absolute atomic E-state index is 9.14. The Balaban J connectivity index is -0.000000124. The number of hydrogen-bond acceptors (Lipinski definition) is 8. The van der Waals surface area contributed by atoms with Crippen molar-refractivity contribution in [3.63, 3.8) is 0 Å². The molecule has 0 spiro atoms. The zero-order valence-corrected chi connectivity index (χ0v) is 33.7. The average Bonchev–Trinajstić information content (AvgIpc) is 2.70. The molecule has 0 atom stereocenters. The molecular formula is C19H52Cl5NO6SSi5. The highest BCUT2D eigenvalue weighted by molar-refractivity contribution is 7.80. The molecule has 7 nitrogen and oxygen atoms in total. The van der Waals surface area contributed by atoms with E-state index in [2.05, 4.69) is 26.1 Å². The molecule has 230 valence electrons. The molecule has 0 rings (SSSR count). The lowest BCUT2D eigenvalue weighted by atomic mass is 10.2. The molecule has 0 unspecified atom stereocenters. The van der Waals surface area contributed by atoms with Crippen molar-refractivity contribution in [1.82, 2.24) is 6.15 Å². The van der Waals surface area contributed by atoms with E-state index in [1.807, 2.05) is 0 Å². The SMILES string of the molecule is C=C[Si](C)(Cl)Cl.CCCCCC[Si](Cl)(Cl)Cl.CO[Si](CCCS)(OC)OC.C[Si](C)(O)O[Si](C)(C)O.N. The van der Waals surface area contributed by atoms with Crippen LogP contribution in [0.15, 0.2) is 12.3 Å². The van der Waals surface area contributed by atoms with Crippen molar-refractivity contribution in [2.75, 3.05) is 27.1 Å². The van der Waals surface area contributed by atoms with Gasteiger partial charge in [-0.1, -0.05) is 38.3 Å². The molecule has 0 bridgehead atoms. The Hall–Kier alpha value is 2.34. The molecule has 0 aromatic rings. The lowest BCUT2D eigenvalue weighted by Gasteiger charge is -2.23. The molecule has 0 heterocycles. The normalized spacial score (nSPS) is 12.0. The first kappa shape index (κ1) is 49.0. The lowest BCUT2D eigenvalue weighted by Crippen LogP contribution is -2.44. The average molecular weight is 740 g/mol. The third-order valence-electron chi connectivity index (χ3n) is 3.75. The van der Waals surface area contributed by atoms with Crippen molar-refractivity contribution >= 4 is 107 Å². The van der Waals surface area contributed by atoms with Crippen molar-refractivity contribution in [3.8, 4) is 0 Å². The van der Waals surface area contributed by atoms with Crippen LogP contribution in [0.1, 0.15) is 39.0 Å². The van der Waals surface area contributed by atoms with Crippen LogP contribution in [0.3, 0.4) is 0 Å². The third-order valence-corrected chi connectivity index (χ3v) is 15.2. The Morgan fingerprint density at radius 3 is 1.32 bits per heavy atom. The number of halogens is 5. The zero-order valence-electron chi connectivity index (χ0n) is 24.0. The summed E-state index contributed by atoms with van der Waals surface area (Å²) in [5.41, 5.74) is 1.61.